The predicted molar refractivity (Wildman–Crippen MR) is 105 cm³/mol. The Morgan fingerprint density at radius 1 is 1.34 bits per heavy atom. The quantitative estimate of drug-likeness (QED) is 0.441. The van der Waals surface area contributed by atoms with Gasteiger partial charge in [-0.1, -0.05) is 23.7 Å². The van der Waals surface area contributed by atoms with E-state index in [-0.39, 0.29) is 24.7 Å². The summed E-state index contributed by atoms with van der Waals surface area (Å²) in [5.41, 5.74) is 1.54. The SMILES string of the molecule is Cc1cccc(Cl)c1OCc1ccc(C(=O)NCCn2nc([N+](=O)[O-])cc2C)o1. The maximum atomic E-state index is 12.2. The number of hydrogen-bond donors (Lipinski definition) is 1. The summed E-state index contributed by atoms with van der Waals surface area (Å²) in [6.45, 7) is 4.27. The van der Waals surface area contributed by atoms with Crippen molar-refractivity contribution in [3.05, 3.63) is 74.3 Å². The van der Waals surface area contributed by atoms with E-state index in [0.717, 1.165) is 5.56 Å². The number of nitro groups is 1. The first-order valence-electron chi connectivity index (χ1n) is 8.79. The largest absolute Gasteiger partial charge is 0.484 e. The molecule has 29 heavy (non-hydrogen) atoms. The number of carbonyl (C=O) groups is 1. The highest BCUT2D eigenvalue weighted by Gasteiger charge is 2.16. The lowest BCUT2D eigenvalue weighted by Crippen LogP contribution is -2.27. The van der Waals surface area contributed by atoms with E-state index in [1.54, 1.807) is 25.1 Å². The molecule has 152 valence electrons. The molecule has 0 aliphatic heterocycles. The van der Waals surface area contributed by atoms with Gasteiger partial charge < -0.3 is 24.6 Å². The van der Waals surface area contributed by atoms with E-state index in [1.807, 2.05) is 19.1 Å². The number of benzene rings is 1. The van der Waals surface area contributed by atoms with E-state index < -0.39 is 10.8 Å². The Morgan fingerprint density at radius 2 is 2.14 bits per heavy atom. The molecule has 0 spiro atoms. The van der Waals surface area contributed by atoms with Gasteiger partial charge in [-0.25, -0.2) is 0 Å². The number of ether oxygens (including phenoxy) is 1. The molecule has 0 bridgehead atoms. The topological polar surface area (TPSA) is 112 Å². The van der Waals surface area contributed by atoms with Gasteiger partial charge >= 0.3 is 5.82 Å². The highest BCUT2D eigenvalue weighted by Crippen LogP contribution is 2.28. The first-order valence-corrected chi connectivity index (χ1v) is 9.16. The maximum Gasteiger partial charge on any atom is 0.390 e. The van der Waals surface area contributed by atoms with Crippen LogP contribution >= 0.6 is 11.6 Å². The molecule has 1 aromatic carbocycles. The van der Waals surface area contributed by atoms with Gasteiger partial charge in [0.25, 0.3) is 5.91 Å². The Balaban J connectivity index is 1.52. The van der Waals surface area contributed by atoms with E-state index in [4.69, 9.17) is 20.8 Å². The van der Waals surface area contributed by atoms with Gasteiger partial charge in [-0.15, -0.1) is 0 Å². The number of aromatic nitrogens is 2. The van der Waals surface area contributed by atoms with Crippen molar-refractivity contribution in [1.82, 2.24) is 15.1 Å². The summed E-state index contributed by atoms with van der Waals surface area (Å²) in [6, 6.07) is 10.0. The zero-order chi connectivity index (χ0) is 21.0. The van der Waals surface area contributed by atoms with Crippen molar-refractivity contribution in [3.8, 4) is 5.75 Å². The molecule has 0 saturated heterocycles. The number of rotatable bonds is 8. The third kappa shape index (κ3) is 4.94. The van der Waals surface area contributed by atoms with Crippen LogP contribution in [-0.4, -0.2) is 27.2 Å². The fourth-order valence-electron chi connectivity index (χ4n) is 2.69. The summed E-state index contributed by atoms with van der Waals surface area (Å²) >= 11 is 6.12. The normalized spacial score (nSPS) is 10.7. The van der Waals surface area contributed by atoms with Crippen LogP contribution in [0.15, 0.2) is 40.8 Å². The summed E-state index contributed by atoms with van der Waals surface area (Å²) in [4.78, 5) is 22.4. The van der Waals surface area contributed by atoms with Gasteiger partial charge in [0.1, 0.15) is 18.1 Å². The third-order valence-electron chi connectivity index (χ3n) is 4.17. The van der Waals surface area contributed by atoms with Crippen molar-refractivity contribution in [3.63, 3.8) is 0 Å². The van der Waals surface area contributed by atoms with Crippen LogP contribution in [0.1, 0.15) is 27.6 Å². The molecule has 1 N–H and O–H groups in total. The van der Waals surface area contributed by atoms with Crippen LogP contribution in [0.5, 0.6) is 5.75 Å². The maximum absolute atomic E-state index is 12.2. The molecule has 3 aromatic rings. The van der Waals surface area contributed by atoms with Crippen LogP contribution in [-0.2, 0) is 13.2 Å². The predicted octanol–water partition coefficient (Wildman–Crippen LogP) is 3.66. The van der Waals surface area contributed by atoms with E-state index in [2.05, 4.69) is 10.4 Å². The Hall–Kier alpha value is -3.33. The summed E-state index contributed by atoms with van der Waals surface area (Å²) in [5, 5.41) is 17.8. The highest BCUT2D eigenvalue weighted by atomic mass is 35.5. The second-order valence-corrected chi connectivity index (χ2v) is 6.73. The number of furan rings is 1. The third-order valence-corrected chi connectivity index (χ3v) is 4.47. The van der Waals surface area contributed by atoms with Crippen molar-refractivity contribution in [1.29, 1.82) is 0 Å². The molecule has 1 amide bonds. The number of para-hydroxylation sites is 1. The fraction of sp³-hybridized carbons (Fsp3) is 0.263. The van der Waals surface area contributed by atoms with Gasteiger partial charge in [-0.05, 0) is 42.5 Å². The smallest absolute Gasteiger partial charge is 0.390 e. The van der Waals surface area contributed by atoms with Crippen molar-refractivity contribution in [2.24, 2.45) is 0 Å². The molecule has 0 fully saturated rings. The molecule has 3 rings (SSSR count). The zero-order valence-corrected chi connectivity index (χ0v) is 16.6. The van der Waals surface area contributed by atoms with Crippen molar-refractivity contribution >= 4 is 23.3 Å². The Labute approximate surface area is 171 Å². The molecule has 0 unspecified atom stereocenters. The lowest BCUT2D eigenvalue weighted by molar-refractivity contribution is -0.389. The standard InChI is InChI=1S/C19H19ClN4O5/c1-12-4-3-5-15(20)18(12)28-11-14-6-7-16(29-14)19(25)21-8-9-23-13(2)10-17(22-23)24(26)27/h3-7,10H,8-9,11H2,1-2H3,(H,21,25). The minimum absolute atomic E-state index is 0.133. The van der Waals surface area contributed by atoms with Crippen LogP contribution in [0, 0.1) is 24.0 Å². The Morgan fingerprint density at radius 3 is 2.83 bits per heavy atom. The lowest BCUT2D eigenvalue weighted by atomic mass is 10.2. The minimum Gasteiger partial charge on any atom is -0.484 e. The molecule has 0 aliphatic rings. The van der Waals surface area contributed by atoms with Gasteiger partial charge in [-0.3, -0.25) is 4.79 Å². The second-order valence-electron chi connectivity index (χ2n) is 6.32. The minimum atomic E-state index is -0.557. The zero-order valence-electron chi connectivity index (χ0n) is 15.8. The lowest BCUT2D eigenvalue weighted by Gasteiger charge is -2.09. The van der Waals surface area contributed by atoms with Gasteiger partial charge in [0.2, 0.25) is 0 Å². The molecule has 9 nitrogen and oxygen atoms in total. The average Bonchev–Trinajstić information content (AvgIpc) is 3.28. The molecule has 10 heteroatoms. The number of nitrogens with one attached hydrogen (secondary N) is 1. The number of halogens is 1. The second kappa shape index (κ2) is 8.78. The molecule has 2 aromatic heterocycles. The number of aryl methyl sites for hydroxylation is 2. The number of carbonyl (C=O) groups excluding carboxylic acids is 1. The van der Waals surface area contributed by atoms with Crippen LogP contribution in [0.3, 0.4) is 0 Å². The number of nitrogens with zero attached hydrogens (tertiary/aromatic N) is 3. The van der Waals surface area contributed by atoms with Crippen LogP contribution < -0.4 is 10.1 Å². The van der Waals surface area contributed by atoms with Crippen molar-refractivity contribution in [2.75, 3.05) is 6.54 Å². The first kappa shape index (κ1) is 20.4. The highest BCUT2D eigenvalue weighted by molar-refractivity contribution is 6.32. The molecule has 0 aliphatic carbocycles. The van der Waals surface area contributed by atoms with Crippen LogP contribution in [0.2, 0.25) is 5.02 Å². The molecule has 0 atom stereocenters. The van der Waals surface area contributed by atoms with E-state index >= 15 is 0 Å². The number of hydrogen-bond acceptors (Lipinski definition) is 6. The Kier molecular flexibility index (Phi) is 6.18. The average molecular weight is 419 g/mol. The molecule has 2 heterocycles. The summed E-state index contributed by atoms with van der Waals surface area (Å²) in [5.74, 6) is 0.568. The summed E-state index contributed by atoms with van der Waals surface area (Å²) in [7, 11) is 0. The van der Waals surface area contributed by atoms with Crippen LogP contribution in [0.25, 0.3) is 0 Å². The number of amides is 1. The molecule has 0 saturated carbocycles. The van der Waals surface area contributed by atoms with Crippen molar-refractivity contribution in [2.45, 2.75) is 27.0 Å². The van der Waals surface area contributed by atoms with Gasteiger partial charge in [0.05, 0.1) is 28.4 Å². The molecular formula is C19H19ClN4O5. The monoisotopic (exact) mass is 418 g/mol. The van der Waals surface area contributed by atoms with Gasteiger partial charge in [-0.2, -0.15) is 4.68 Å². The fourth-order valence-corrected chi connectivity index (χ4v) is 2.97. The molecule has 0 radical (unpaired) electrons. The van der Waals surface area contributed by atoms with E-state index in [9.17, 15) is 14.9 Å². The van der Waals surface area contributed by atoms with Gasteiger partial charge in [0.15, 0.2) is 5.76 Å². The van der Waals surface area contributed by atoms with E-state index in [1.165, 1.54) is 10.7 Å². The first-order chi connectivity index (χ1) is 13.8. The van der Waals surface area contributed by atoms with E-state index in [0.29, 0.717) is 28.8 Å². The molecular weight excluding hydrogens is 400 g/mol. The van der Waals surface area contributed by atoms with Crippen LogP contribution in [0.4, 0.5) is 5.82 Å². The summed E-state index contributed by atoms with van der Waals surface area (Å²) in [6.07, 6.45) is 0. The summed E-state index contributed by atoms with van der Waals surface area (Å²) < 4.78 is 12.7. The van der Waals surface area contributed by atoms with Crippen molar-refractivity contribution < 1.29 is 18.9 Å². The Bertz CT molecular complexity index is 1020. The van der Waals surface area contributed by atoms with Gasteiger partial charge in [0, 0.05) is 6.54 Å².